The van der Waals surface area contributed by atoms with Gasteiger partial charge >= 0.3 is 0 Å². The van der Waals surface area contributed by atoms with Crippen molar-refractivity contribution in [2.24, 2.45) is 0 Å². The number of ether oxygens (including phenoxy) is 1. The zero-order valence-electron chi connectivity index (χ0n) is 14.4. The molecule has 0 aliphatic carbocycles. The van der Waals surface area contributed by atoms with Crippen LogP contribution < -0.4 is 4.74 Å². The molecular formula is C20H16ClN3O2. The molecule has 0 unspecified atom stereocenters. The molecule has 4 aromatic rings. The van der Waals surface area contributed by atoms with Gasteiger partial charge in [0.15, 0.2) is 0 Å². The van der Waals surface area contributed by atoms with Crippen LogP contribution >= 0.6 is 11.6 Å². The highest BCUT2D eigenvalue weighted by Crippen LogP contribution is 2.33. The normalized spacial score (nSPS) is 11.0. The van der Waals surface area contributed by atoms with Gasteiger partial charge in [0.2, 0.25) is 11.7 Å². The van der Waals surface area contributed by atoms with Gasteiger partial charge in [-0.1, -0.05) is 47.1 Å². The van der Waals surface area contributed by atoms with Gasteiger partial charge < -0.3 is 9.26 Å². The van der Waals surface area contributed by atoms with E-state index in [-0.39, 0.29) is 0 Å². The first kappa shape index (κ1) is 16.5. The molecule has 0 amide bonds. The van der Waals surface area contributed by atoms with Gasteiger partial charge in [0.1, 0.15) is 0 Å². The average Bonchev–Trinajstić information content (AvgIpc) is 3.12. The fourth-order valence-corrected chi connectivity index (χ4v) is 3.03. The van der Waals surface area contributed by atoms with E-state index in [0.29, 0.717) is 40.4 Å². The van der Waals surface area contributed by atoms with E-state index in [2.05, 4.69) is 15.1 Å². The Kier molecular flexibility index (Phi) is 4.31. The number of rotatable bonds is 4. The van der Waals surface area contributed by atoms with Gasteiger partial charge in [0, 0.05) is 5.39 Å². The van der Waals surface area contributed by atoms with E-state index in [1.165, 1.54) is 0 Å². The Balaban J connectivity index is 1.86. The summed E-state index contributed by atoms with van der Waals surface area (Å²) in [4.78, 5) is 9.17. The third-order valence-electron chi connectivity index (χ3n) is 4.06. The first-order chi connectivity index (χ1) is 12.7. The Bertz CT molecular complexity index is 1090. The van der Waals surface area contributed by atoms with Crippen molar-refractivity contribution in [3.63, 3.8) is 0 Å². The van der Waals surface area contributed by atoms with Crippen molar-refractivity contribution in [2.75, 3.05) is 6.61 Å². The molecule has 0 saturated heterocycles. The summed E-state index contributed by atoms with van der Waals surface area (Å²) in [6.07, 6.45) is 0. The molecule has 130 valence electrons. The lowest BCUT2D eigenvalue weighted by Crippen LogP contribution is -1.99. The number of aromatic nitrogens is 3. The summed E-state index contributed by atoms with van der Waals surface area (Å²) >= 11 is 6.23. The first-order valence-corrected chi connectivity index (χ1v) is 8.67. The number of fused-ring (bicyclic) bond motifs is 1. The highest BCUT2D eigenvalue weighted by atomic mass is 35.5. The van der Waals surface area contributed by atoms with Crippen molar-refractivity contribution in [1.29, 1.82) is 0 Å². The lowest BCUT2D eigenvalue weighted by molar-refractivity contribution is 0.329. The lowest BCUT2D eigenvalue weighted by atomic mass is 10.1. The zero-order valence-corrected chi connectivity index (χ0v) is 15.1. The summed E-state index contributed by atoms with van der Waals surface area (Å²) in [5.41, 5.74) is 3.36. The molecule has 2 aromatic carbocycles. The van der Waals surface area contributed by atoms with Crippen LogP contribution in [0.15, 0.2) is 53.1 Å². The van der Waals surface area contributed by atoms with Crippen LogP contribution in [0, 0.1) is 6.92 Å². The Hall–Kier alpha value is -2.92. The summed E-state index contributed by atoms with van der Waals surface area (Å²) in [7, 11) is 0. The Morgan fingerprint density at radius 3 is 2.69 bits per heavy atom. The van der Waals surface area contributed by atoms with Gasteiger partial charge in [-0.2, -0.15) is 4.98 Å². The molecule has 0 saturated carbocycles. The van der Waals surface area contributed by atoms with Gasteiger partial charge in [0.25, 0.3) is 5.89 Å². The van der Waals surface area contributed by atoms with Gasteiger partial charge in [-0.25, -0.2) is 4.98 Å². The molecule has 0 aliphatic heterocycles. The third-order valence-corrected chi connectivity index (χ3v) is 4.39. The van der Waals surface area contributed by atoms with E-state index < -0.39 is 0 Å². The molecule has 0 aliphatic rings. The topological polar surface area (TPSA) is 61.0 Å². The van der Waals surface area contributed by atoms with Crippen LogP contribution in [0.5, 0.6) is 5.88 Å². The quantitative estimate of drug-likeness (QED) is 0.490. The molecule has 0 spiro atoms. The maximum absolute atomic E-state index is 6.23. The Morgan fingerprint density at radius 2 is 1.88 bits per heavy atom. The second-order valence-corrected chi connectivity index (χ2v) is 6.23. The number of halogens is 1. The Morgan fingerprint density at radius 1 is 1.04 bits per heavy atom. The fraction of sp³-hybridized carbons (Fsp3) is 0.150. The second-order valence-electron chi connectivity index (χ2n) is 5.82. The summed E-state index contributed by atoms with van der Waals surface area (Å²) in [6, 6.07) is 15.3. The smallest absolute Gasteiger partial charge is 0.259 e. The van der Waals surface area contributed by atoms with Crippen molar-refractivity contribution < 1.29 is 9.26 Å². The van der Waals surface area contributed by atoms with E-state index in [4.69, 9.17) is 20.9 Å². The lowest BCUT2D eigenvalue weighted by Gasteiger charge is -2.09. The van der Waals surface area contributed by atoms with E-state index in [1.54, 1.807) is 6.07 Å². The molecule has 0 atom stereocenters. The van der Waals surface area contributed by atoms with Gasteiger partial charge in [-0.05, 0) is 37.6 Å². The second kappa shape index (κ2) is 6.77. The Labute approximate surface area is 155 Å². The number of hydrogen-bond acceptors (Lipinski definition) is 5. The predicted molar refractivity (Wildman–Crippen MR) is 101 cm³/mol. The van der Waals surface area contributed by atoms with E-state index >= 15 is 0 Å². The number of nitrogens with zero attached hydrogens (tertiary/aromatic N) is 3. The third kappa shape index (κ3) is 2.91. The monoisotopic (exact) mass is 365 g/mol. The summed E-state index contributed by atoms with van der Waals surface area (Å²) in [5.74, 6) is 1.26. The standard InChI is InChI=1S/C20H16ClN3O2/c1-3-25-19-15(11-13-8-6-7-12(2)17(13)22-19)18-23-20(26-24-18)14-9-4-5-10-16(14)21/h4-11H,3H2,1-2H3. The molecular weight excluding hydrogens is 350 g/mol. The van der Waals surface area contributed by atoms with E-state index in [0.717, 1.165) is 16.5 Å². The van der Waals surface area contributed by atoms with Crippen LogP contribution in [0.4, 0.5) is 0 Å². The van der Waals surface area contributed by atoms with Crippen molar-refractivity contribution in [3.05, 3.63) is 59.1 Å². The van der Waals surface area contributed by atoms with Gasteiger partial charge in [-0.15, -0.1) is 0 Å². The van der Waals surface area contributed by atoms with Gasteiger partial charge in [0.05, 0.1) is 28.3 Å². The van der Waals surface area contributed by atoms with Crippen LogP contribution in [0.1, 0.15) is 12.5 Å². The summed E-state index contributed by atoms with van der Waals surface area (Å²) in [5, 5.41) is 5.66. The highest BCUT2D eigenvalue weighted by Gasteiger charge is 2.18. The summed E-state index contributed by atoms with van der Waals surface area (Å²) < 4.78 is 11.2. The number of aryl methyl sites for hydroxylation is 1. The maximum atomic E-state index is 6.23. The minimum atomic E-state index is 0.359. The summed E-state index contributed by atoms with van der Waals surface area (Å²) in [6.45, 7) is 4.43. The van der Waals surface area contributed by atoms with Crippen molar-refractivity contribution >= 4 is 22.5 Å². The zero-order chi connectivity index (χ0) is 18.1. The SMILES string of the molecule is CCOc1nc2c(C)cccc2cc1-c1noc(-c2ccccc2Cl)n1. The molecule has 5 nitrogen and oxygen atoms in total. The van der Waals surface area contributed by atoms with E-state index in [1.807, 2.05) is 56.3 Å². The highest BCUT2D eigenvalue weighted by molar-refractivity contribution is 6.33. The molecule has 0 N–H and O–H groups in total. The predicted octanol–water partition coefficient (Wildman–Crippen LogP) is 5.31. The number of benzene rings is 2. The average molecular weight is 366 g/mol. The number of pyridine rings is 1. The maximum Gasteiger partial charge on any atom is 0.259 e. The molecule has 0 bridgehead atoms. The molecule has 2 heterocycles. The fourth-order valence-electron chi connectivity index (χ4n) is 2.81. The minimum absolute atomic E-state index is 0.359. The number of para-hydroxylation sites is 1. The van der Waals surface area contributed by atoms with Crippen LogP contribution in [-0.2, 0) is 0 Å². The molecule has 0 fully saturated rings. The molecule has 2 aromatic heterocycles. The van der Waals surface area contributed by atoms with Gasteiger partial charge in [-0.3, -0.25) is 0 Å². The largest absolute Gasteiger partial charge is 0.477 e. The van der Waals surface area contributed by atoms with Crippen LogP contribution in [0.25, 0.3) is 33.7 Å². The van der Waals surface area contributed by atoms with Crippen molar-refractivity contribution in [1.82, 2.24) is 15.1 Å². The van der Waals surface area contributed by atoms with Crippen molar-refractivity contribution in [2.45, 2.75) is 13.8 Å². The van der Waals surface area contributed by atoms with Crippen LogP contribution in [-0.4, -0.2) is 21.7 Å². The van der Waals surface area contributed by atoms with Crippen LogP contribution in [0.3, 0.4) is 0 Å². The number of hydrogen-bond donors (Lipinski definition) is 0. The molecule has 6 heteroatoms. The molecule has 4 rings (SSSR count). The van der Waals surface area contributed by atoms with E-state index in [9.17, 15) is 0 Å². The van der Waals surface area contributed by atoms with Crippen LogP contribution in [0.2, 0.25) is 5.02 Å². The first-order valence-electron chi connectivity index (χ1n) is 8.29. The minimum Gasteiger partial charge on any atom is -0.477 e. The van der Waals surface area contributed by atoms with Crippen molar-refractivity contribution in [3.8, 4) is 28.7 Å². The molecule has 26 heavy (non-hydrogen) atoms. The molecule has 0 radical (unpaired) electrons.